The highest BCUT2D eigenvalue weighted by molar-refractivity contribution is 8.03. The molecule has 2 N–H and O–H groups in total. The van der Waals surface area contributed by atoms with Gasteiger partial charge in [-0.05, 0) is 36.1 Å². The van der Waals surface area contributed by atoms with E-state index in [2.05, 4.69) is 71.6 Å². The van der Waals surface area contributed by atoms with E-state index in [4.69, 9.17) is 0 Å². The predicted octanol–water partition coefficient (Wildman–Crippen LogP) is 6.31. The van der Waals surface area contributed by atoms with Gasteiger partial charge in [-0.3, -0.25) is 0 Å². The molecule has 1 aliphatic heterocycles. The monoisotopic (exact) mass is 421 g/mol. The number of thioether (sulfide) groups is 1. The van der Waals surface area contributed by atoms with Crippen molar-refractivity contribution in [1.82, 2.24) is 10.3 Å². The van der Waals surface area contributed by atoms with Gasteiger partial charge in [-0.1, -0.05) is 73.7 Å². The molecule has 1 unspecified atom stereocenters. The first kappa shape index (κ1) is 20.0. The SMILES string of the molecule is C=C/C(=C1\NC(CCC)CS1)c1ccc(CCNc2nc3ccccc3s2)cc1. The normalized spacial score (nSPS) is 17.9. The first-order chi connectivity index (χ1) is 14.3. The third-order valence-electron chi connectivity index (χ3n) is 5.10. The average molecular weight is 422 g/mol. The largest absolute Gasteiger partial charge is 0.376 e. The number of aromatic nitrogens is 1. The summed E-state index contributed by atoms with van der Waals surface area (Å²) in [6.45, 7) is 7.17. The summed E-state index contributed by atoms with van der Waals surface area (Å²) in [5.74, 6) is 1.15. The molecule has 3 aromatic rings. The van der Waals surface area contributed by atoms with Crippen LogP contribution in [0.1, 0.15) is 30.9 Å². The van der Waals surface area contributed by atoms with E-state index in [1.165, 1.54) is 39.3 Å². The Bertz CT molecular complexity index is 971. The Morgan fingerprint density at radius 1 is 1.24 bits per heavy atom. The van der Waals surface area contributed by atoms with Gasteiger partial charge in [-0.25, -0.2) is 4.98 Å². The summed E-state index contributed by atoms with van der Waals surface area (Å²) in [5, 5.41) is 9.40. The Labute approximate surface area is 181 Å². The number of benzene rings is 2. The van der Waals surface area contributed by atoms with Gasteiger partial charge in [0, 0.05) is 23.9 Å². The van der Waals surface area contributed by atoms with Gasteiger partial charge in [-0.15, -0.1) is 11.8 Å². The molecule has 0 radical (unpaired) electrons. The van der Waals surface area contributed by atoms with Crippen molar-refractivity contribution >= 4 is 44.0 Å². The Morgan fingerprint density at radius 2 is 2.07 bits per heavy atom. The van der Waals surface area contributed by atoms with Crippen LogP contribution in [0.15, 0.2) is 66.2 Å². The molecule has 1 aliphatic rings. The molecule has 5 heteroatoms. The fraction of sp³-hybridized carbons (Fsp3) is 0.292. The van der Waals surface area contributed by atoms with E-state index in [-0.39, 0.29) is 0 Å². The van der Waals surface area contributed by atoms with Crippen molar-refractivity contribution in [2.75, 3.05) is 17.6 Å². The topological polar surface area (TPSA) is 37.0 Å². The van der Waals surface area contributed by atoms with Crippen molar-refractivity contribution in [2.45, 2.75) is 32.2 Å². The molecule has 3 nitrogen and oxygen atoms in total. The first-order valence-corrected chi connectivity index (χ1v) is 12.0. The lowest BCUT2D eigenvalue weighted by Gasteiger charge is -2.11. The number of nitrogens with one attached hydrogen (secondary N) is 2. The van der Waals surface area contributed by atoms with Crippen LogP contribution in [0.4, 0.5) is 5.13 Å². The molecule has 29 heavy (non-hydrogen) atoms. The zero-order chi connectivity index (χ0) is 20.1. The second kappa shape index (κ2) is 9.51. The van der Waals surface area contributed by atoms with Gasteiger partial charge in [0.15, 0.2) is 5.13 Å². The number of fused-ring (bicyclic) bond motifs is 1. The van der Waals surface area contributed by atoms with Crippen molar-refractivity contribution in [2.24, 2.45) is 0 Å². The van der Waals surface area contributed by atoms with Crippen LogP contribution in [-0.4, -0.2) is 23.3 Å². The lowest BCUT2D eigenvalue weighted by molar-refractivity contribution is 0.596. The zero-order valence-corrected chi connectivity index (χ0v) is 18.4. The minimum absolute atomic E-state index is 0.586. The molecule has 0 bridgehead atoms. The van der Waals surface area contributed by atoms with Gasteiger partial charge in [0.05, 0.1) is 15.2 Å². The predicted molar refractivity (Wildman–Crippen MR) is 130 cm³/mol. The third kappa shape index (κ3) is 4.85. The highest BCUT2D eigenvalue weighted by Gasteiger charge is 2.20. The van der Waals surface area contributed by atoms with E-state index in [0.29, 0.717) is 6.04 Å². The van der Waals surface area contributed by atoms with Crippen LogP contribution in [0.25, 0.3) is 15.8 Å². The van der Waals surface area contributed by atoms with Gasteiger partial charge in [-0.2, -0.15) is 0 Å². The molecular weight excluding hydrogens is 394 g/mol. The van der Waals surface area contributed by atoms with E-state index in [1.807, 2.05) is 23.9 Å². The number of allylic oxidation sites excluding steroid dienone is 2. The van der Waals surface area contributed by atoms with Gasteiger partial charge >= 0.3 is 0 Å². The molecule has 1 saturated heterocycles. The molecular formula is C24H27N3S2. The minimum Gasteiger partial charge on any atom is -0.376 e. The summed E-state index contributed by atoms with van der Waals surface area (Å²) < 4.78 is 1.23. The van der Waals surface area contributed by atoms with Crippen molar-refractivity contribution < 1.29 is 0 Å². The lowest BCUT2D eigenvalue weighted by Crippen LogP contribution is -2.22. The number of para-hydroxylation sites is 1. The molecule has 150 valence electrons. The minimum atomic E-state index is 0.586. The van der Waals surface area contributed by atoms with Gasteiger partial charge < -0.3 is 10.6 Å². The average Bonchev–Trinajstić information content (AvgIpc) is 3.37. The van der Waals surface area contributed by atoms with E-state index < -0.39 is 0 Å². The summed E-state index contributed by atoms with van der Waals surface area (Å²) in [6, 6.07) is 17.7. The number of rotatable bonds is 8. The highest BCUT2D eigenvalue weighted by Crippen LogP contribution is 2.32. The van der Waals surface area contributed by atoms with E-state index >= 15 is 0 Å². The first-order valence-electron chi connectivity index (χ1n) is 10.2. The Kier molecular flexibility index (Phi) is 6.57. The maximum atomic E-state index is 4.64. The Morgan fingerprint density at radius 3 is 2.83 bits per heavy atom. The lowest BCUT2D eigenvalue weighted by atomic mass is 10.0. The van der Waals surface area contributed by atoms with Crippen molar-refractivity contribution in [3.63, 3.8) is 0 Å². The standard InChI is InChI=1S/C24H27N3S2/c1-3-7-19-16-28-23(26-19)20(4-2)18-12-10-17(11-13-18)14-15-25-24-27-21-8-5-6-9-22(21)29-24/h4-6,8-13,19,26H,2-3,7,14-16H2,1H3,(H,25,27)/b23-20-. The zero-order valence-electron chi connectivity index (χ0n) is 16.8. The van der Waals surface area contributed by atoms with E-state index in [1.54, 1.807) is 11.3 Å². The molecule has 4 rings (SSSR count). The summed E-state index contributed by atoms with van der Waals surface area (Å²) in [5.41, 5.74) is 4.84. The second-order valence-corrected chi connectivity index (χ2v) is 9.31. The molecule has 0 amide bonds. The summed E-state index contributed by atoms with van der Waals surface area (Å²) in [7, 11) is 0. The van der Waals surface area contributed by atoms with Crippen LogP contribution in [0.5, 0.6) is 0 Å². The number of hydrogen-bond acceptors (Lipinski definition) is 5. The quantitative estimate of drug-likeness (QED) is 0.447. The van der Waals surface area contributed by atoms with Crippen molar-refractivity contribution in [1.29, 1.82) is 0 Å². The molecule has 2 aromatic carbocycles. The number of thiazole rings is 1. The van der Waals surface area contributed by atoms with Crippen LogP contribution in [0.3, 0.4) is 0 Å². The Hall–Kier alpha value is -2.24. The van der Waals surface area contributed by atoms with Crippen molar-refractivity contribution in [3.05, 3.63) is 77.3 Å². The smallest absolute Gasteiger partial charge is 0.183 e. The van der Waals surface area contributed by atoms with E-state index in [9.17, 15) is 0 Å². The van der Waals surface area contributed by atoms with Gasteiger partial charge in [0.2, 0.25) is 0 Å². The maximum Gasteiger partial charge on any atom is 0.183 e. The van der Waals surface area contributed by atoms with Crippen LogP contribution in [0, 0.1) is 0 Å². The molecule has 0 saturated carbocycles. The maximum absolute atomic E-state index is 4.64. The fourth-order valence-electron chi connectivity index (χ4n) is 3.57. The molecule has 1 fully saturated rings. The Balaban J connectivity index is 1.36. The third-order valence-corrected chi connectivity index (χ3v) is 7.29. The molecule has 1 aromatic heterocycles. The number of nitrogens with zero attached hydrogens (tertiary/aromatic N) is 1. The van der Waals surface area contributed by atoms with Gasteiger partial charge in [0.1, 0.15) is 0 Å². The van der Waals surface area contributed by atoms with Gasteiger partial charge in [0.25, 0.3) is 0 Å². The van der Waals surface area contributed by atoms with Crippen LogP contribution in [0.2, 0.25) is 0 Å². The summed E-state index contributed by atoms with van der Waals surface area (Å²) >= 11 is 3.63. The number of anilines is 1. The molecule has 1 atom stereocenters. The van der Waals surface area contributed by atoms with Crippen molar-refractivity contribution in [3.8, 4) is 0 Å². The summed E-state index contributed by atoms with van der Waals surface area (Å²) in [4.78, 5) is 4.64. The molecule has 2 heterocycles. The summed E-state index contributed by atoms with van der Waals surface area (Å²) in [6.07, 6.45) is 5.39. The fourth-order valence-corrected chi connectivity index (χ4v) is 5.68. The highest BCUT2D eigenvalue weighted by atomic mass is 32.2. The van der Waals surface area contributed by atoms with Crippen LogP contribution >= 0.6 is 23.1 Å². The number of hydrogen-bond donors (Lipinski definition) is 2. The van der Waals surface area contributed by atoms with E-state index in [0.717, 1.165) is 29.4 Å². The second-order valence-electron chi connectivity index (χ2n) is 7.25. The van der Waals surface area contributed by atoms with Crippen LogP contribution in [-0.2, 0) is 6.42 Å². The molecule has 0 aliphatic carbocycles. The van der Waals surface area contributed by atoms with Crippen LogP contribution < -0.4 is 10.6 Å². The molecule has 0 spiro atoms.